The molecule has 1 unspecified atom stereocenters. The highest BCUT2D eigenvalue weighted by Gasteiger charge is 2.25. The number of nitrogens with one attached hydrogen (secondary N) is 1. The third kappa shape index (κ3) is 5.12. The van der Waals surface area contributed by atoms with Gasteiger partial charge in [0.1, 0.15) is 10.7 Å². The first kappa shape index (κ1) is 22.7. The Morgan fingerprint density at radius 2 is 1.91 bits per heavy atom. The Labute approximate surface area is 193 Å². The zero-order chi connectivity index (χ0) is 22.4. The highest BCUT2D eigenvalue weighted by atomic mass is 32.2. The van der Waals surface area contributed by atoms with Crippen LogP contribution in [0.4, 0.5) is 11.5 Å². The molecule has 1 atom stereocenters. The predicted molar refractivity (Wildman–Crippen MR) is 129 cm³/mol. The molecule has 1 aliphatic heterocycles. The van der Waals surface area contributed by atoms with Crippen molar-refractivity contribution < 1.29 is 13.2 Å². The standard InChI is InChI=1S/C23H28N4O3S2/c1-2-27(19-7-4-3-5-8-19)32(28,29)20-10-11-23(24-17-20)25-18-21(22-9-6-16-31-22)26-12-14-30-15-13-26/h3-11,16-17,21H,2,12-15,18H2,1H3,(H,24,25). The highest BCUT2D eigenvalue weighted by molar-refractivity contribution is 7.92. The van der Waals surface area contributed by atoms with E-state index in [0.29, 0.717) is 24.6 Å². The summed E-state index contributed by atoms with van der Waals surface area (Å²) in [7, 11) is -3.68. The second kappa shape index (κ2) is 10.4. The molecular weight excluding hydrogens is 444 g/mol. The molecule has 3 aromatic rings. The lowest BCUT2D eigenvalue weighted by atomic mass is 10.2. The fourth-order valence-electron chi connectivity index (χ4n) is 3.83. The molecule has 32 heavy (non-hydrogen) atoms. The molecule has 1 aliphatic rings. The van der Waals surface area contributed by atoms with Crippen LogP contribution < -0.4 is 9.62 Å². The van der Waals surface area contributed by atoms with Crippen LogP contribution in [-0.4, -0.2) is 57.7 Å². The zero-order valence-corrected chi connectivity index (χ0v) is 19.7. The van der Waals surface area contributed by atoms with Crippen molar-refractivity contribution in [2.45, 2.75) is 17.9 Å². The molecule has 7 nitrogen and oxygen atoms in total. The summed E-state index contributed by atoms with van der Waals surface area (Å²) in [5.41, 5.74) is 0.640. The molecule has 3 heterocycles. The second-order valence-corrected chi connectivity index (χ2v) is 10.3. The van der Waals surface area contributed by atoms with E-state index in [-0.39, 0.29) is 10.9 Å². The van der Waals surface area contributed by atoms with Crippen molar-refractivity contribution in [3.8, 4) is 0 Å². The Morgan fingerprint density at radius 1 is 1.12 bits per heavy atom. The lowest BCUT2D eigenvalue weighted by molar-refractivity contribution is 0.0194. The Bertz CT molecular complexity index is 1070. The van der Waals surface area contributed by atoms with Gasteiger partial charge in [-0.25, -0.2) is 13.4 Å². The van der Waals surface area contributed by atoms with Gasteiger partial charge in [-0.05, 0) is 42.6 Å². The van der Waals surface area contributed by atoms with Crippen molar-refractivity contribution in [3.05, 3.63) is 71.1 Å². The number of para-hydroxylation sites is 1. The number of rotatable bonds is 9. The minimum atomic E-state index is -3.68. The van der Waals surface area contributed by atoms with Gasteiger partial charge in [0.2, 0.25) is 0 Å². The molecule has 0 spiro atoms. The summed E-state index contributed by atoms with van der Waals surface area (Å²) in [5, 5.41) is 5.48. The molecule has 170 valence electrons. The fourth-order valence-corrected chi connectivity index (χ4v) is 6.11. The summed E-state index contributed by atoms with van der Waals surface area (Å²) in [6, 6.07) is 16.9. The number of hydrogen-bond donors (Lipinski definition) is 1. The van der Waals surface area contributed by atoms with Gasteiger partial charge >= 0.3 is 0 Å². The normalized spacial score (nSPS) is 15.9. The van der Waals surface area contributed by atoms with E-state index in [9.17, 15) is 8.42 Å². The number of nitrogens with zero attached hydrogens (tertiary/aromatic N) is 3. The van der Waals surface area contributed by atoms with Crippen LogP contribution in [0, 0.1) is 0 Å². The summed E-state index contributed by atoms with van der Waals surface area (Å²) in [5.74, 6) is 0.654. The fraction of sp³-hybridized carbons (Fsp3) is 0.348. The molecule has 1 N–H and O–H groups in total. The van der Waals surface area contributed by atoms with Gasteiger partial charge < -0.3 is 10.1 Å². The maximum Gasteiger partial charge on any atom is 0.265 e. The number of ether oxygens (including phenoxy) is 1. The summed E-state index contributed by atoms with van der Waals surface area (Å²) < 4.78 is 33.2. The van der Waals surface area contributed by atoms with Crippen molar-refractivity contribution >= 4 is 32.9 Å². The van der Waals surface area contributed by atoms with Crippen LogP contribution >= 0.6 is 11.3 Å². The van der Waals surface area contributed by atoms with Gasteiger partial charge in [-0.2, -0.15) is 0 Å². The summed E-state index contributed by atoms with van der Waals surface area (Å²) >= 11 is 1.74. The summed E-state index contributed by atoms with van der Waals surface area (Å²) in [6.45, 7) is 6.11. The molecular formula is C23H28N4O3S2. The van der Waals surface area contributed by atoms with Crippen LogP contribution in [0.15, 0.2) is 71.1 Å². The first-order chi connectivity index (χ1) is 15.6. The van der Waals surface area contributed by atoms with Gasteiger partial charge in [0, 0.05) is 37.3 Å². The highest BCUT2D eigenvalue weighted by Crippen LogP contribution is 2.27. The quantitative estimate of drug-likeness (QED) is 0.510. The Balaban J connectivity index is 1.47. The Morgan fingerprint density at radius 3 is 2.53 bits per heavy atom. The van der Waals surface area contributed by atoms with E-state index in [1.807, 2.05) is 25.1 Å². The smallest absolute Gasteiger partial charge is 0.265 e. The molecule has 0 bridgehead atoms. The van der Waals surface area contributed by atoms with Gasteiger partial charge in [0.05, 0.1) is 24.9 Å². The van der Waals surface area contributed by atoms with Crippen LogP contribution in [0.25, 0.3) is 0 Å². The van der Waals surface area contributed by atoms with Crippen LogP contribution in [-0.2, 0) is 14.8 Å². The molecule has 1 aromatic carbocycles. The topological polar surface area (TPSA) is 74.8 Å². The first-order valence-corrected chi connectivity index (χ1v) is 13.0. The van der Waals surface area contributed by atoms with E-state index in [4.69, 9.17) is 4.74 Å². The lowest BCUT2D eigenvalue weighted by Gasteiger charge is -2.34. The first-order valence-electron chi connectivity index (χ1n) is 10.7. The molecule has 9 heteroatoms. The van der Waals surface area contributed by atoms with Gasteiger partial charge in [-0.1, -0.05) is 24.3 Å². The van der Waals surface area contributed by atoms with Crippen molar-refractivity contribution in [1.82, 2.24) is 9.88 Å². The van der Waals surface area contributed by atoms with Gasteiger partial charge in [0.15, 0.2) is 0 Å². The van der Waals surface area contributed by atoms with Gasteiger partial charge in [-0.15, -0.1) is 11.3 Å². The van der Waals surface area contributed by atoms with Crippen LogP contribution in [0.3, 0.4) is 0 Å². The van der Waals surface area contributed by atoms with Crippen LogP contribution in [0.5, 0.6) is 0 Å². The number of benzene rings is 1. The predicted octanol–water partition coefficient (Wildman–Crippen LogP) is 3.84. The number of pyridine rings is 1. The number of aromatic nitrogens is 1. The molecule has 4 rings (SSSR count). The molecule has 2 aromatic heterocycles. The average molecular weight is 473 g/mol. The van der Waals surface area contributed by atoms with E-state index in [0.717, 1.165) is 26.3 Å². The van der Waals surface area contributed by atoms with Crippen LogP contribution in [0.1, 0.15) is 17.8 Å². The molecule has 0 amide bonds. The van der Waals surface area contributed by atoms with Gasteiger partial charge in [-0.3, -0.25) is 9.21 Å². The van der Waals surface area contributed by atoms with E-state index in [2.05, 4.69) is 32.7 Å². The third-order valence-electron chi connectivity index (χ3n) is 5.49. The minimum absolute atomic E-state index is 0.178. The van der Waals surface area contributed by atoms with Crippen LogP contribution in [0.2, 0.25) is 0 Å². The van der Waals surface area contributed by atoms with E-state index < -0.39 is 10.0 Å². The SMILES string of the molecule is CCN(c1ccccc1)S(=O)(=O)c1ccc(NCC(c2cccs2)N2CCOCC2)nc1. The number of thiophene rings is 1. The van der Waals surface area contributed by atoms with Crippen molar-refractivity contribution in [1.29, 1.82) is 0 Å². The number of morpholine rings is 1. The van der Waals surface area contributed by atoms with Crippen molar-refractivity contribution in [2.75, 3.05) is 49.0 Å². The van der Waals surface area contributed by atoms with E-state index in [1.54, 1.807) is 35.6 Å². The molecule has 1 saturated heterocycles. The summed E-state index contributed by atoms with van der Waals surface area (Å²) in [6.07, 6.45) is 1.43. The van der Waals surface area contributed by atoms with E-state index >= 15 is 0 Å². The Hall–Kier alpha value is -2.46. The largest absolute Gasteiger partial charge is 0.379 e. The van der Waals surface area contributed by atoms with Crippen molar-refractivity contribution in [3.63, 3.8) is 0 Å². The van der Waals surface area contributed by atoms with Crippen molar-refractivity contribution in [2.24, 2.45) is 0 Å². The zero-order valence-electron chi connectivity index (χ0n) is 18.1. The molecule has 0 radical (unpaired) electrons. The minimum Gasteiger partial charge on any atom is -0.379 e. The maximum absolute atomic E-state index is 13.2. The maximum atomic E-state index is 13.2. The summed E-state index contributed by atoms with van der Waals surface area (Å²) in [4.78, 5) is 8.28. The molecule has 0 saturated carbocycles. The number of anilines is 2. The monoisotopic (exact) mass is 472 g/mol. The lowest BCUT2D eigenvalue weighted by Crippen LogP contribution is -2.41. The third-order valence-corrected chi connectivity index (χ3v) is 8.35. The van der Waals surface area contributed by atoms with E-state index in [1.165, 1.54) is 15.4 Å². The molecule has 0 aliphatic carbocycles. The number of sulfonamides is 1. The van der Waals surface area contributed by atoms with Gasteiger partial charge in [0.25, 0.3) is 10.0 Å². The average Bonchev–Trinajstić information content (AvgIpc) is 3.36. The molecule has 1 fully saturated rings. The Kier molecular flexibility index (Phi) is 7.41. The second-order valence-electron chi connectivity index (χ2n) is 7.44. The number of hydrogen-bond acceptors (Lipinski definition) is 7.